The van der Waals surface area contributed by atoms with Gasteiger partial charge in [0.15, 0.2) is 0 Å². The fourth-order valence-corrected chi connectivity index (χ4v) is 3.20. The van der Waals surface area contributed by atoms with Gasteiger partial charge < -0.3 is 0 Å². The number of benzene rings is 3. The second-order valence-electron chi connectivity index (χ2n) is 5.20. The van der Waals surface area contributed by atoms with Gasteiger partial charge in [0.05, 0.1) is 5.52 Å². The van der Waals surface area contributed by atoms with Crippen LogP contribution in [0.3, 0.4) is 0 Å². The van der Waals surface area contributed by atoms with Crippen LogP contribution >= 0.6 is 0 Å². The Labute approximate surface area is 135 Å². The number of hydrogen-bond acceptors (Lipinski definition) is 1. The Morgan fingerprint density at radius 3 is 2.81 bits per heavy atom. The summed E-state index contributed by atoms with van der Waals surface area (Å²) in [6, 6.07) is 20.1. The summed E-state index contributed by atoms with van der Waals surface area (Å²) in [6.45, 7) is 0. The SMILES string of the molecule is [Ir].[c-]1cccc2ccc3c4c5c(cccc5nc3c12)C=C4. The molecule has 101 valence electrons. The van der Waals surface area contributed by atoms with Crippen LogP contribution in [0.2, 0.25) is 0 Å². The average molecular weight is 445 g/mol. The smallest absolute Gasteiger partial charge is 0.0607 e. The number of pyridine rings is 1. The molecule has 0 aliphatic heterocycles. The minimum absolute atomic E-state index is 0. The Hall–Kier alpha value is -2.02. The van der Waals surface area contributed by atoms with Crippen molar-refractivity contribution in [2.75, 3.05) is 0 Å². The van der Waals surface area contributed by atoms with E-state index in [9.17, 15) is 0 Å². The molecule has 1 heterocycles. The van der Waals surface area contributed by atoms with Gasteiger partial charge in [0.1, 0.15) is 0 Å². The Bertz CT molecular complexity index is 1050. The topological polar surface area (TPSA) is 12.9 Å². The Kier molecular flexibility index (Phi) is 2.71. The van der Waals surface area contributed by atoms with E-state index in [-0.39, 0.29) is 20.1 Å². The standard InChI is InChI=1S/C19H10N.Ir/c1-2-6-14-12(4-1)8-11-16-15-10-9-13-5-3-7-17(18(13)15)20-19(14)16;/h1-5,7-11H;/q-1;. The first kappa shape index (κ1) is 12.7. The minimum atomic E-state index is 0. The zero-order chi connectivity index (χ0) is 13.1. The van der Waals surface area contributed by atoms with Crippen LogP contribution in [-0.2, 0) is 20.1 Å². The zero-order valence-electron chi connectivity index (χ0n) is 11.1. The van der Waals surface area contributed by atoms with Crippen molar-refractivity contribution in [1.29, 1.82) is 0 Å². The van der Waals surface area contributed by atoms with E-state index in [0.29, 0.717) is 0 Å². The van der Waals surface area contributed by atoms with Gasteiger partial charge in [-0.05, 0) is 28.1 Å². The van der Waals surface area contributed by atoms with Crippen LogP contribution < -0.4 is 0 Å². The molecule has 5 rings (SSSR count). The van der Waals surface area contributed by atoms with Gasteiger partial charge in [-0.2, -0.15) is 0 Å². The normalized spacial score (nSPS) is 12.2. The third-order valence-electron chi connectivity index (χ3n) is 4.11. The van der Waals surface area contributed by atoms with Crippen molar-refractivity contribution in [3.05, 3.63) is 65.7 Å². The van der Waals surface area contributed by atoms with Gasteiger partial charge in [-0.3, -0.25) is 4.98 Å². The van der Waals surface area contributed by atoms with E-state index in [4.69, 9.17) is 4.98 Å². The number of aromatic nitrogens is 1. The number of fused-ring (bicyclic) bond motifs is 4. The quantitative estimate of drug-likeness (QED) is 0.190. The van der Waals surface area contributed by atoms with Crippen molar-refractivity contribution >= 4 is 44.7 Å². The van der Waals surface area contributed by atoms with E-state index in [2.05, 4.69) is 54.6 Å². The Morgan fingerprint density at radius 1 is 0.905 bits per heavy atom. The molecule has 0 saturated carbocycles. The van der Waals surface area contributed by atoms with Crippen molar-refractivity contribution < 1.29 is 20.1 Å². The van der Waals surface area contributed by atoms with Gasteiger partial charge in [-0.15, -0.1) is 35.0 Å². The molecule has 4 aromatic rings. The first-order valence-corrected chi connectivity index (χ1v) is 6.76. The summed E-state index contributed by atoms with van der Waals surface area (Å²) in [4.78, 5) is 4.90. The molecule has 0 saturated heterocycles. The summed E-state index contributed by atoms with van der Waals surface area (Å²) in [5, 5.41) is 4.79. The summed E-state index contributed by atoms with van der Waals surface area (Å²) in [5.74, 6) is 0. The van der Waals surface area contributed by atoms with Crippen LogP contribution in [-0.4, -0.2) is 4.98 Å². The van der Waals surface area contributed by atoms with Crippen LogP contribution in [0.5, 0.6) is 0 Å². The van der Waals surface area contributed by atoms with Crippen LogP contribution in [0.15, 0.2) is 48.5 Å². The van der Waals surface area contributed by atoms with Crippen molar-refractivity contribution in [1.82, 2.24) is 4.98 Å². The summed E-state index contributed by atoms with van der Waals surface area (Å²) < 4.78 is 0. The monoisotopic (exact) mass is 445 g/mol. The molecule has 21 heavy (non-hydrogen) atoms. The van der Waals surface area contributed by atoms with Gasteiger partial charge >= 0.3 is 0 Å². The van der Waals surface area contributed by atoms with Gasteiger partial charge in [-0.1, -0.05) is 36.4 Å². The number of hydrogen-bond donors (Lipinski definition) is 0. The molecule has 2 heteroatoms. The van der Waals surface area contributed by atoms with Crippen molar-refractivity contribution in [3.63, 3.8) is 0 Å². The third-order valence-corrected chi connectivity index (χ3v) is 4.11. The molecule has 3 aromatic carbocycles. The summed E-state index contributed by atoms with van der Waals surface area (Å²) in [5.41, 5.74) is 4.68. The predicted molar refractivity (Wildman–Crippen MR) is 84.5 cm³/mol. The first-order valence-electron chi connectivity index (χ1n) is 6.76. The van der Waals surface area contributed by atoms with Crippen LogP contribution in [0.25, 0.3) is 44.7 Å². The van der Waals surface area contributed by atoms with E-state index in [1.807, 2.05) is 12.1 Å². The molecule has 0 N–H and O–H groups in total. The predicted octanol–water partition coefficient (Wildman–Crippen LogP) is 4.82. The fourth-order valence-electron chi connectivity index (χ4n) is 3.20. The molecule has 0 amide bonds. The van der Waals surface area contributed by atoms with E-state index in [1.54, 1.807) is 0 Å². The second kappa shape index (κ2) is 4.49. The third kappa shape index (κ3) is 1.64. The summed E-state index contributed by atoms with van der Waals surface area (Å²) in [7, 11) is 0. The maximum absolute atomic E-state index is 4.90. The van der Waals surface area contributed by atoms with E-state index in [1.165, 1.54) is 27.3 Å². The molecule has 0 spiro atoms. The molecule has 1 aliphatic rings. The van der Waals surface area contributed by atoms with Crippen molar-refractivity contribution in [2.24, 2.45) is 0 Å². The molecule has 0 fully saturated rings. The molecule has 0 atom stereocenters. The molecule has 0 unspecified atom stereocenters. The van der Waals surface area contributed by atoms with E-state index in [0.717, 1.165) is 16.4 Å². The molecule has 1 radical (unpaired) electrons. The fraction of sp³-hybridized carbons (Fsp3) is 0. The van der Waals surface area contributed by atoms with Gasteiger partial charge in [0, 0.05) is 25.5 Å². The van der Waals surface area contributed by atoms with Crippen molar-refractivity contribution in [3.8, 4) is 0 Å². The Morgan fingerprint density at radius 2 is 1.86 bits per heavy atom. The zero-order valence-corrected chi connectivity index (χ0v) is 13.4. The van der Waals surface area contributed by atoms with Gasteiger partial charge in [0.25, 0.3) is 0 Å². The minimum Gasteiger partial charge on any atom is -0.296 e. The first-order chi connectivity index (χ1) is 9.92. The van der Waals surface area contributed by atoms with Gasteiger partial charge in [0.2, 0.25) is 0 Å². The van der Waals surface area contributed by atoms with Crippen molar-refractivity contribution in [2.45, 2.75) is 0 Å². The average Bonchev–Trinajstić information content (AvgIpc) is 2.93. The molecular formula is C19H10IrN-. The maximum Gasteiger partial charge on any atom is 0.0607 e. The molecule has 1 nitrogen and oxygen atoms in total. The van der Waals surface area contributed by atoms with Crippen LogP contribution in [0.4, 0.5) is 0 Å². The molecule has 1 aliphatic carbocycles. The number of rotatable bonds is 0. The molecule has 0 bridgehead atoms. The summed E-state index contributed by atoms with van der Waals surface area (Å²) >= 11 is 0. The number of nitrogens with zero attached hydrogens (tertiary/aromatic N) is 1. The maximum atomic E-state index is 4.90. The summed E-state index contributed by atoms with van der Waals surface area (Å²) in [6.07, 6.45) is 4.38. The Balaban J connectivity index is 0.00000115. The van der Waals surface area contributed by atoms with Crippen LogP contribution in [0.1, 0.15) is 11.1 Å². The van der Waals surface area contributed by atoms with E-state index < -0.39 is 0 Å². The van der Waals surface area contributed by atoms with Gasteiger partial charge in [-0.25, -0.2) is 0 Å². The van der Waals surface area contributed by atoms with Crippen LogP contribution in [0, 0.1) is 6.07 Å². The van der Waals surface area contributed by atoms with E-state index >= 15 is 0 Å². The largest absolute Gasteiger partial charge is 0.296 e. The molecular weight excluding hydrogens is 434 g/mol. The molecule has 1 aromatic heterocycles. The second-order valence-corrected chi connectivity index (χ2v) is 5.20.